The second-order valence-electron chi connectivity index (χ2n) is 9.75. The maximum absolute atomic E-state index is 13.8. The van der Waals surface area contributed by atoms with Gasteiger partial charge in [0.15, 0.2) is 11.6 Å². The SMILES string of the molecule is Cc1cccc([C@H]2C3=CC[C@@H]4C(=O)N(c5ccccc5)C(=O)[C@@H]4[C@@H]3CC3=C2C(=O)C=C(Br)C3=O)c1O. The number of amides is 2. The summed E-state index contributed by atoms with van der Waals surface area (Å²) in [6.45, 7) is 1.78. The van der Waals surface area contributed by atoms with Crippen molar-refractivity contribution in [1.82, 2.24) is 0 Å². The van der Waals surface area contributed by atoms with Crippen LogP contribution < -0.4 is 4.90 Å². The fourth-order valence-corrected chi connectivity index (χ4v) is 6.76. The highest BCUT2D eigenvalue weighted by molar-refractivity contribution is 9.12. The summed E-state index contributed by atoms with van der Waals surface area (Å²) in [6.07, 6.45) is 3.79. The van der Waals surface area contributed by atoms with E-state index in [1.807, 2.05) is 18.2 Å². The zero-order valence-electron chi connectivity index (χ0n) is 19.4. The number of para-hydroxylation sites is 2. The first kappa shape index (κ1) is 22.9. The molecule has 0 spiro atoms. The third-order valence-electron chi connectivity index (χ3n) is 7.93. The fourth-order valence-electron chi connectivity index (χ4n) is 6.31. The Kier molecular flexibility index (Phi) is 5.23. The number of imide groups is 1. The lowest BCUT2D eigenvalue weighted by Crippen LogP contribution is -2.39. The van der Waals surface area contributed by atoms with Crippen LogP contribution in [0.15, 0.2) is 81.9 Å². The molecule has 1 N–H and O–H groups in total. The van der Waals surface area contributed by atoms with Gasteiger partial charge >= 0.3 is 0 Å². The number of rotatable bonds is 2. The van der Waals surface area contributed by atoms with Crippen LogP contribution in [0.3, 0.4) is 0 Å². The lowest BCUT2D eigenvalue weighted by Gasteiger charge is -2.42. The molecule has 0 bridgehead atoms. The van der Waals surface area contributed by atoms with E-state index in [1.165, 1.54) is 11.0 Å². The molecule has 4 atom stereocenters. The number of carbonyl (C=O) groups excluding carboxylic acids is 4. The summed E-state index contributed by atoms with van der Waals surface area (Å²) in [6, 6.07) is 14.2. The number of ketones is 2. The van der Waals surface area contributed by atoms with E-state index in [4.69, 9.17) is 0 Å². The number of aromatic hydroxyl groups is 1. The predicted octanol–water partition coefficient (Wildman–Crippen LogP) is 4.67. The fraction of sp³-hybridized carbons (Fsp3) is 0.241. The molecule has 1 saturated heterocycles. The van der Waals surface area contributed by atoms with E-state index >= 15 is 0 Å². The molecule has 3 aliphatic carbocycles. The molecular formula is C29H22BrNO5. The molecule has 2 amide bonds. The minimum Gasteiger partial charge on any atom is -0.507 e. The van der Waals surface area contributed by atoms with Gasteiger partial charge in [0.1, 0.15) is 5.75 Å². The van der Waals surface area contributed by atoms with Gasteiger partial charge in [0.25, 0.3) is 0 Å². The molecule has 0 unspecified atom stereocenters. The molecule has 1 aliphatic heterocycles. The summed E-state index contributed by atoms with van der Waals surface area (Å²) >= 11 is 3.23. The van der Waals surface area contributed by atoms with Crippen molar-refractivity contribution in [2.75, 3.05) is 4.90 Å². The third-order valence-corrected chi connectivity index (χ3v) is 8.51. The Labute approximate surface area is 216 Å². The van der Waals surface area contributed by atoms with Gasteiger partial charge in [0, 0.05) is 28.7 Å². The molecule has 36 heavy (non-hydrogen) atoms. The lowest BCUT2D eigenvalue weighted by atomic mass is 9.59. The number of phenolic OH excluding ortho intramolecular Hbond substituents is 1. The van der Waals surface area contributed by atoms with Crippen molar-refractivity contribution in [3.05, 3.63) is 93.0 Å². The van der Waals surface area contributed by atoms with Crippen LogP contribution in [-0.4, -0.2) is 28.5 Å². The summed E-state index contributed by atoms with van der Waals surface area (Å²) < 4.78 is 0.179. The third kappa shape index (κ3) is 3.15. The zero-order chi connectivity index (χ0) is 25.3. The average Bonchev–Trinajstić information content (AvgIpc) is 3.13. The second kappa shape index (κ2) is 8.23. The molecule has 0 aromatic heterocycles. The number of phenols is 1. The van der Waals surface area contributed by atoms with E-state index in [9.17, 15) is 24.3 Å². The Morgan fingerprint density at radius 2 is 1.69 bits per heavy atom. The normalized spacial score (nSPS) is 27.4. The Balaban J connectivity index is 1.52. The van der Waals surface area contributed by atoms with E-state index < -0.39 is 23.7 Å². The van der Waals surface area contributed by atoms with Gasteiger partial charge in [0.2, 0.25) is 11.8 Å². The predicted molar refractivity (Wildman–Crippen MR) is 136 cm³/mol. The van der Waals surface area contributed by atoms with Crippen molar-refractivity contribution in [2.24, 2.45) is 17.8 Å². The van der Waals surface area contributed by atoms with E-state index in [1.54, 1.807) is 43.3 Å². The molecule has 0 radical (unpaired) electrons. The average molecular weight is 544 g/mol. The van der Waals surface area contributed by atoms with Gasteiger partial charge in [-0.25, -0.2) is 0 Å². The topological polar surface area (TPSA) is 91.8 Å². The van der Waals surface area contributed by atoms with Gasteiger partial charge in [0.05, 0.1) is 22.0 Å². The molecular weight excluding hydrogens is 522 g/mol. The summed E-state index contributed by atoms with van der Waals surface area (Å²) in [7, 11) is 0. The number of halogens is 1. The number of hydrogen-bond acceptors (Lipinski definition) is 5. The van der Waals surface area contributed by atoms with Gasteiger partial charge in [-0.15, -0.1) is 0 Å². The molecule has 6 rings (SSSR count). The van der Waals surface area contributed by atoms with Crippen LogP contribution >= 0.6 is 15.9 Å². The summed E-state index contributed by atoms with van der Waals surface area (Å²) in [5, 5.41) is 11.0. The van der Waals surface area contributed by atoms with Crippen LogP contribution in [0, 0.1) is 24.7 Å². The van der Waals surface area contributed by atoms with E-state index in [2.05, 4.69) is 15.9 Å². The molecule has 4 aliphatic rings. The van der Waals surface area contributed by atoms with Gasteiger partial charge in [-0.3, -0.25) is 24.1 Å². The van der Waals surface area contributed by atoms with E-state index in [0.29, 0.717) is 34.4 Å². The van der Waals surface area contributed by atoms with Crippen LogP contribution in [0.4, 0.5) is 5.69 Å². The smallest absolute Gasteiger partial charge is 0.238 e. The molecule has 0 saturated carbocycles. The van der Waals surface area contributed by atoms with Crippen molar-refractivity contribution >= 4 is 45.0 Å². The van der Waals surface area contributed by atoms with Crippen LogP contribution in [0.2, 0.25) is 0 Å². The highest BCUT2D eigenvalue weighted by Crippen LogP contribution is 2.56. The molecule has 1 fully saturated rings. The number of allylic oxidation sites excluding steroid dienone is 6. The number of anilines is 1. The van der Waals surface area contributed by atoms with E-state index in [0.717, 1.165) is 5.57 Å². The van der Waals surface area contributed by atoms with Crippen molar-refractivity contribution < 1.29 is 24.3 Å². The first-order chi connectivity index (χ1) is 17.3. The van der Waals surface area contributed by atoms with Crippen molar-refractivity contribution in [2.45, 2.75) is 25.7 Å². The van der Waals surface area contributed by atoms with Crippen LogP contribution in [-0.2, 0) is 19.2 Å². The number of Topliss-reactive ketones (excluding diaryl/α,β-unsaturated/α-hetero) is 1. The molecule has 6 nitrogen and oxygen atoms in total. The molecule has 2 aromatic carbocycles. The van der Waals surface area contributed by atoms with Gasteiger partial charge < -0.3 is 5.11 Å². The Morgan fingerprint density at radius 3 is 2.44 bits per heavy atom. The first-order valence-electron chi connectivity index (χ1n) is 11.9. The van der Waals surface area contributed by atoms with Crippen LogP contribution in [0.5, 0.6) is 5.75 Å². The Bertz CT molecular complexity index is 1470. The molecule has 1 heterocycles. The van der Waals surface area contributed by atoms with Crippen LogP contribution in [0.1, 0.15) is 29.9 Å². The van der Waals surface area contributed by atoms with E-state index in [-0.39, 0.29) is 40.0 Å². The molecule has 180 valence electrons. The Morgan fingerprint density at radius 1 is 0.944 bits per heavy atom. The highest BCUT2D eigenvalue weighted by Gasteiger charge is 2.56. The maximum atomic E-state index is 13.8. The first-order valence-corrected chi connectivity index (χ1v) is 12.7. The lowest BCUT2D eigenvalue weighted by molar-refractivity contribution is -0.123. The largest absolute Gasteiger partial charge is 0.507 e. The summed E-state index contributed by atoms with van der Waals surface area (Å²) in [5.41, 5.74) is 3.23. The quantitative estimate of drug-likeness (QED) is 0.337. The Hall–Kier alpha value is -3.58. The van der Waals surface area contributed by atoms with Gasteiger partial charge in [-0.2, -0.15) is 0 Å². The zero-order valence-corrected chi connectivity index (χ0v) is 21.0. The van der Waals surface area contributed by atoms with Crippen molar-refractivity contribution in [3.63, 3.8) is 0 Å². The summed E-state index contributed by atoms with van der Waals surface area (Å²) in [5.74, 6) is -3.33. The number of nitrogens with zero attached hydrogens (tertiary/aromatic N) is 1. The minimum atomic E-state index is -0.665. The number of hydrogen-bond donors (Lipinski definition) is 1. The van der Waals surface area contributed by atoms with Gasteiger partial charge in [-0.1, -0.05) is 48.0 Å². The minimum absolute atomic E-state index is 0.0617. The second-order valence-corrected chi connectivity index (χ2v) is 10.6. The number of benzene rings is 2. The summed E-state index contributed by atoms with van der Waals surface area (Å²) in [4.78, 5) is 55.0. The van der Waals surface area contributed by atoms with Crippen LogP contribution in [0.25, 0.3) is 0 Å². The van der Waals surface area contributed by atoms with Gasteiger partial charge in [-0.05, 0) is 59.3 Å². The maximum Gasteiger partial charge on any atom is 0.238 e. The standard InChI is InChI=1S/C29H22BrNO5/c1-14-6-5-9-17(26(14)33)23-16-10-11-18-24(29(36)31(28(18)35)15-7-3-2-4-8-15)19(16)12-20-25(23)22(32)13-21(30)27(20)34/h2-10,13,18-19,23-24,33H,11-12H2,1H3/t18-,19+,23+,24-/m0/s1. The molecule has 7 heteroatoms. The molecule has 2 aromatic rings. The highest BCUT2D eigenvalue weighted by atomic mass is 79.9. The van der Waals surface area contributed by atoms with Crippen molar-refractivity contribution in [1.29, 1.82) is 0 Å². The number of fused-ring (bicyclic) bond motifs is 3. The van der Waals surface area contributed by atoms with Crippen molar-refractivity contribution in [3.8, 4) is 5.75 Å². The monoisotopic (exact) mass is 543 g/mol. The number of aryl methyl sites for hydroxylation is 1. The number of carbonyl (C=O) groups is 4.